The molecule has 28 heavy (non-hydrogen) atoms. The number of amides is 3. The van der Waals surface area contributed by atoms with E-state index in [0.29, 0.717) is 29.5 Å². The van der Waals surface area contributed by atoms with Crippen molar-refractivity contribution in [2.75, 3.05) is 0 Å². The first-order chi connectivity index (χ1) is 13.5. The Morgan fingerprint density at radius 3 is 2.25 bits per heavy atom. The summed E-state index contributed by atoms with van der Waals surface area (Å²) in [5, 5.41) is 12.6. The van der Waals surface area contributed by atoms with Crippen LogP contribution < -0.4 is 5.32 Å². The van der Waals surface area contributed by atoms with Gasteiger partial charge in [-0.2, -0.15) is 0 Å². The highest BCUT2D eigenvalue weighted by atomic mass is 16.3. The summed E-state index contributed by atoms with van der Waals surface area (Å²) in [6.07, 6.45) is 2.66. The lowest BCUT2D eigenvalue weighted by Gasteiger charge is -2.26. The van der Waals surface area contributed by atoms with E-state index in [1.807, 2.05) is 0 Å². The molecule has 1 fully saturated rings. The molecule has 2 aromatic carbocycles. The van der Waals surface area contributed by atoms with E-state index < -0.39 is 0 Å². The standard InChI is InChI=1S/C22H22N2O4/c25-17-10-8-16(9-11-17)23-20(26)15-5-3-4-14(12-15)13-24-21(27)18-6-1-2-7-19(18)22(24)28/h1-7,12,16-17,25H,8-11,13H2,(H,23,26). The first-order valence-corrected chi connectivity index (χ1v) is 9.56. The van der Waals surface area contributed by atoms with Crippen molar-refractivity contribution >= 4 is 17.7 Å². The van der Waals surface area contributed by atoms with Crippen LogP contribution in [0.2, 0.25) is 0 Å². The predicted molar refractivity (Wildman–Crippen MR) is 103 cm³/mol. The Balaban J connectivity index is 1.45. The lowest BCUT2D eigenvalue weighted by molar-refractivity contribution is 0.0642. The van der Waals surface area contributed by atoms with Crippen molar-refractivity contribution in [3.05, 3.63) is 70.8 Å². The summed E-state index contributed by atoms with van der Waals surface area (Å²) in [7, 11) is 0. The van der Waals surface area contributed by atoms with Gasteiger partial charge in [-0.1, -0.05) is 24.3 Å². The molecule has 1 saturated carbocycles. The molecule has 2 N–H and O–H groups in total. The monoisotopic (exact) mass is 378 g/mol. The second kappa shape index (κ2) is 7.56. The number of aliphatic hydroxyl groups excluding tert-OH is 1. The average Bonchev–Trinajstić information content (AvgIpc) is 2.95. The number of carbonyl (C=O) groups is 3. The summed E-state index contributed by atoms with van der Waals surface area (Å²) in [5.41, 5.74) is 2.06. The molecule has 0 aromatic heterocycles. The molecule has 0 spiro atoms. The molecule has 6 nitrogen and oxygen atoms in total. The van der Waals surface area contributed by atoms with E-state index >= 15 is 0 Å². The fourth-order valence-electron chi connectivity index (χ4n) is 3.87. The summed E-state index contributed by atoms with van der Waals surface area (Å²) in [6, 6.07) is 13.8. The van der Waals surface area contributed by atoms with E-state index in [9.17, 15) is 19.5 Å². The quantitative estimate of drug-likeness (QED) is 0.801. The normalized spacial score (nSPS) is 21.5. The van der Waals surface area contributed by atoms with Crippen molar-refractivity contribution in [3.63, 3.8) is 0 Å². The minimum absolute atomic E-state index is 0.0655. The number of hydrogen-bond donors (Lipinski definition) is 2. The first-order valence-electron chi connectivity index (χ1n) is 9.56. The molecule has 0 saturated heterocycles. The third kappa shape index (κ3) is 3.55. The molecule has 4 rings (SSSR count). The van der Waals surface area contributed by atoms with Crippen LogP contribution in [-0.2, 0) is 6.54 Å². The maximum absolute atomic E-state index is 12.6. The summed E-state index contributed by atoms with van der Waals surface area (Å²) in [4.78, 5) is 38.8. The van der Waals surface area contributed by atoms with Gasteiger partial charge < -0.3 is 10.4 Å². The zero-order chi connectivity index (χ0) is 19.7. The second-order valence-corrected chi connectivity index (χ2v) is 7.42. The number of benzene rings is 2. The van der Waals surface area contributed by atoms with Crippen LogP contribution in [0.4, 0.5) is 0 Å². The molecule has 1 heterocycles. The van der Waals surface area contributed by atoms with Gasteiger partial charge in [0.1, 0.15) is 0 Å². The van der Waals surface area contributed by atoms with Crippen LogP contribution in [0.25, 0.3) is 0 Å². The van der Waals surface area contributed by atoms with Crippen molar-refractivity contribution in [1.29, 1.82) is 0 Å². The van der Waals surface area contributed by atoms with Gasteiger partial charge in [0.2, 0.25) is 0 Å². The molecule has 1 aliphatic heterocycles. The minimum atomic E-state index is -0.309. The van der Waals surface area contributed by atoms with Crippen LogP contribution in [0.5, 0.6) is 0 Å². The smallest absolute Gasteiger partial charge is 0.261 e. The third-order valence-corrected chi connectivity index (χ3v) is 5.44. The Hall–Kier alpha value is -2.99. The molecule has 0 radical (unpaired) electrons. The van der Waals surface area contributed by atoms with Crippen molar-refractivity contribution in [2.24, 2.45) is 0 Å². The fraction of sp³-hybridized carbons (Fsp3) is 0.318. The van der Waals surface area contributed by atoms with Crippen molar-refractivity contribution in [3.8, 4) is 0 Å². The summed E-state index contributed by atoms with van der Waals surface area (Å²) < 4.78 is 0. The van der Waals surface area contributed by atoms with Gasteiger partial charge in [0.05, 0.1) is 23.8 Å². The minimum Gasteiger partial charge on any atom is -0.393 e. The van der Waals surface area contributed by atoms with Crippen molar-refractivity contribution < 1.29 is 19.5 Å². The van der Waals surface area contributed by atoms with E-state index in [-0.39, 0.29) is 36.4 Å². The highest BCUT2D eigenvalue weighted by Crippen LogP contribution is 2.24. The number of rotatable bonds is 4. The SMILES string of the molecule is O=C(NC1CCC(O)CC1)c1cccc(CN2C(=O)c3ccccc3C2=O)c1. The zero-order valence-corrected chi connectivity index (χ0v) is 15.4. The highest BCUT2D eigenvalue weighted by molar-refractivity contribution is 6.21. The highest BCUT2D eigenvalue weighted by Gasteiger charge is 2.35. The average molecular weight is 378 g/mol. The van der Waals surface area contributed by atoms with Gasteiger partial charge in [-0.15, -0.1) is 0 Å². The Morgan fingerprint density at radius 2 is 1.61 bits per heavy atom. The number of fused-ring (bicyclic) bond motifs is 1. The van der Waals surface area contributed by atoms with Crippen molar-refractivity contribution in [2.45, 2.75) is 44.4 Å². The molecule has 2 aromatic rings. The summed E-state index contributed by atoms with van der Waals surface area (Å²) >= 11 is 0. The number of nitrogens with zero attached hydrogens (tertiary/aromatic N) is 1. The molecule has 144 valence electrons. The van der Waals surface area contributed by atoms with Crippen LogP contribution in [-0.4, -0.2) is 39.9 Å². The zero-order valence-electron chi connectivity index (χ0n) is 15.4. The number of imide groups is 1. The van der Waals surface area contributed by atoms with Crippen molar-refractivity contribution in [1.82, 2.24) is 10.2 Å². The Morgan fingerprint density at radius 1 is 0.964 bits per heavy atom. The molecule has 0 atom stereocenters. The summed E-state index contributed by atoms with van der Waals surface area (Å²) in [5.74, 6) is -0.793. The van der Waals surface area contributed by atoms with E-state index in [2.05, 4.69) is 5.32 Å². The van der Waals surface area contributed by atoms with Gasteiger partial charge in [-0.3, -0.25) is 19.3 Å². The number of hydrogen-bond acceptors (Lipinski definition) is 4. The van der Waals surface area contributed by atoms with E-state index in [1.54, 1.807) is 48.5 Å². The summed E-state index contributed by atoms with van der Waals surface area (Å²) in [6.45, 7) is 0.128. The van der Waals surface area contributed by atoms with Crippen LogP contribution in [0.15, 0.2) is 48.5 Å². The van der Waals surface area contributed by atoms with Gasteiger partial charge >= 0.3 is 0 Å². The molecule has 3 amide bonds. The maximum Gasteiger partial charge on any atom is 0.261 e. The van der Waals surface area contributed by atoms with Crippen LogP contribution in [0.3, 0.4) is 0 Å². The van der Waals surface area contributed by atoms with Crippen LogP contribution >= 0.6 is 0 Å². The first kappa shape index (κ1) is 18.4. The topological polar surface area (TPSA) is 86.7 Å². The Bertz CT molecular complexity index is 897. The Labute approximate surface area is 163 Å². The van der Waals surface area contributed by atoms with E-state index in [4.69, 9.17) is 0 Å². The molecule has 2 aliphatic rings. The van der Waals surface area contributed by atoms with Gasteiger partial charge in [0.25, 0.3) is 17.7 Å². The van der Waals surface area contributed by atoms with E-state index in [1.165, 1.54) is 4.90 Å². The number of aliphatic hydroxyl groups is 1. The lowest BCUT2D eigenvalue weighted by atomic mass is 9.93. The lowest BCUT2D eigenvalue weighted by Crippen LogP contribution is -2.38. The third-order valence-electron chi connectivity index (χ3n) is 5.44. The molecular formula is C22H22N2O4. The number of carbonyl (C=O) groups excluding carboxylic acids is 3. The largest absolute Gasteiger partial charge is 0.393 e. The van der Waals surface area contributed by atoms with Crippen LogP contribution in [0, 0.1) is 0 Å². The van der Waals surface area contributed by atoms with Gasteiger partial charge in [0, 0.05) is 11.6 Å². The molecule has 1 aliphatic carbocycles. The predicted octanol–water partition coefficient (Wildman–Crippen LogP) is 2.52. The van der Waals surface area contributed by atoms with Crippen LogP contribution in [0.1, 0.15) is 62.3 Å². The molecular weight excluding hydrogens is 356 g/mol. The van der Waals surface area contributed by atoms with Gasteiger partial charge in [-0.05, 0) is 55.5 Å². The molecule has 0 bridgehead atoms. The van der Waals surface area contributed by atoms with E-state index in [0.717, 1.165) is 18.4 Å². The van der Waals surface area contributed by atoms with Gasteiger partial charge in [0.15, 0.2) is 0 Å². The second-order valence-electron chi connectivity index (χ2n) is 7.42. The maximum atomic E-state index is 12.6. The molecule has 0 unspecified atom stereocenters. The molecule has 6 heteroatoms. The number of nitrogens with one attached hydrogen (secondary N) is 1. The fourth-order valence-corrected chi connectivity index (χ4v) is 3.87. The Kier molecular flexibility index (Phi) is 4.96. The van der Waals surface area contributed by atoms with Gasteiger partial charge in [-0.25, -0.2) is 0 Å².